The number of nitrogens with one attached hydrogen (secondary N) is 2. The topological polar surface area (TPSA) is 41.1 Å². The third-order valence-corrected chi connectivity index (χ3v) is 4.26. The number of alkyl halides is 3. The second-order valence-electron chi connectivity index (χ2n) is 6.34. The maximum absolute atomic E-state index is 13.1. The molecule has 28 heavy (non-hydrogen) atoms. The molecule has 0 aliphatic heterocycles. The average Bonchev–Trinajstić information content (AvgIpc) is 2.69. The van der Waals surface area contributed by atoms with E-state index in [9.17, 15) is 18.0 Å². The van der Waals surface area contributed by atoms with Crippen molar-refractivity contribution in [1.82, 2.24) is 0 Å². The van der Waals surface area contributed by atoms with Crippen molar-refractivity contribution in [1.29, 1.82) is 0 Å². The normalized spacial score (nSPS) is 12.3. The predicted octanol–water partition coefficient (Wildman–Crippen LogP) is 5.81. The zero-order chi connectivity index (χ0) is 20.1. The molecule has 0 unspecified atom stereocenters. The monoisotopic (exact) mass is 384 g/mol. The molecular formula is C22H19F3N2O. The number of rotatable bonds is 5. The van der Waals surface area contributed by atoms with Crippen molar-refractivity contribution in [3.05, 3.63) is 84.4 Å². The molecule has 0 aliphatic rings. The minimum atomic E-state index is -4.53. The summed E-state index contributed by atoms with van der Waals surface area (Å²) >= 11 is 0. The number of halogens is 3. The molecule has 0 aliphatic carbocycles. The van der Waals surface area contributed by atoms with Gasteiger partial charge in [-0.15, -0.1) is 0 Å². The Morgan fingerprint density at radius 2 is 1.39 bits per heavy atom. The second-order valence-corrected chi connectivity index (χ2v) is 6.34. The Balaban J connectivity index is 1.67. The summed E-state index contributed by atoms with van der Waals surface area (Å²) in [7, 11) is 0. The predicted molar refractivity (Wildman–Crippen MR) is 105 cm³/mol. The smallest absolute Gasteiger partial charge is 0.374 e. The molecule has 6 heteroatoms. The van der Waals surface area contributed by atoms with Gasteiger partial charge in [-0.05, 0) is 42.3 Å². The molecule has 0 saturated carbocycles. The first-order valence-electron chi connectivity index (χ1n) is 8.74. The molecule has 0 saturated heterocycles. The number of para-hydroxylation sites is 1. The molecule has 0 heterocycles. The summed E-state index contributed by atoms with van der Waals surface area (Å²) in [5, 5.41) is 5.36. The molecule has 1 atom stereocenters. The zero-order valence-electron chi connectivity index (χ0n) is 15.1. The highest BCUT2D eigenvalue weighted by Gasteiger charge is 2.33. The van der Waals surface area contributed by atoms with E-state index in [-0.39, 0.29) is 5.69 Å². The fraction of sp³-hybridized carbons (Fsp3) is 0.136. The van der Waals surface area contributed by atoms with Crippen LogP contribution in [0.5, 0.6) is 0 Å². The molecule has 0 aromatic heterocycles. The summed E-state index contributed by atoms with van der Waals surface area (Å²) in [6, 6.07) is 21.5. The van der Waals surface area contributed by atoms with Gasteiger partial charge in [-0.1, -0.05) is 54.6 Å². The van der Waals surface area contributed by atoms with Gasteiger partial charge in [0.15, 0.2) is 0 Å². The van der Waals surface area contributed by atoms with Crippen LogP contribution in [-0.4, -0.2) is 11.9 Å². The largest absolute Gasteiger partial charge is 0.418 e. The highest BCUT2D eigenvalue weighted by Crippen LogP contribution is 2.34. The van der Waals surface area contributed by atoms with Gasteiger partial charge in [0.05, 0.1) is 11.3 Å². The van der Waals surface area contributed by atoms with E-state index in [0.717, 1.165) is 17.2 Å². The van der Waals surface area contributed by atoms with Crippen LogP contribution in [0.15, 0.2) is 78.9 Å². The molecule has 0 radical (unpaired) electrons. The molecule has 0 spiro atoms. The third-order valence-electron chi connectivity index (χ3n) is 4.26. The van der Waals surface area contributed by atoms with Crippen molar-refractivity contribution in [2.45, 2.75) is 19.1 Å². The number of amides is 1. The van der Waals surface area contributed by atoms with Crippen LogP contribution in [0.3, 0.4) is 0 Å². The number of anilines is 2. The second kappa shape index (κ2) is 8.17. The van der Waals surface area contributed by atoms with E-state index in [0.29, 0.717) is 5.69 Å². The molecule has 3 aromatic carbocycles. The van der Waals surface area contributed by atoms with Crippen LogP contribution in [0.25, 0.3) is 11.1 Å². The minimum Gasteiger partial charge on any atom is -0.374 e. The van der Waals surface area contributed by atoms with Gasteiger partial charge < -0.3 is 10.6 Å². The first kappa shape index (κ1) is 19.5. The fourth-order valence-corrected chi connectivity index (χ4v) is 2.79. The zero-order valence-corrected chi connectivity index (χ0v) is 15.1. The van der Waals surface area contributed by atoms with Crippen LogP contribution < -0.4 is 10.6 Å². The van der Waals surface area contributed by atoms with E-state index in [1.54, 1.807) is 6.92 Å². The van der Waals surface area contributed by atoms with Crippen LogP contribution in [0, 0.1) is 0 Å². The van der Waals surface area contributed by atoms with E-state index < -0.39 is 23.7 Å². The van der Waals surface area contributed by atoms with E-state index in [4.69, 9.17) is 0 Å². The number of carbonyl (C=O) groups is 1. The quantitative estimate of drug-likeness (QED) is 0.583. The fourth-order valence-electron chi connectivity index (χ4n) is 2.79. The number of hydrogen-bond donors (Lipinski definition) is 2. The van der Waals surface area contributed by atoms with Crippen molar-refractivity contribution >= 4 is 17.3 Å². The van der Waals surface area contributed by atoms with Gasteiger partial charge in [-0.25, -0.2) is 0 Å². The van der Waals surface area contributed by atoms with E-state index in [1.165, 1.54) is 18.2 Å². The molecular weight excluding hydrogens is 365 g/mol. The van der Waals surface area contributed by atoms with E-state index in [2.05, 4.69) is 10.6 Å². The first-order chi connectivity index (χ1) is 13.3. The molecule has 0 bridgehead atoms. The van der Waals surface area contributed by atoms with Crippen LogP contribution in [0.2, 0.25) is 0 Å². The van der Waals surface area contributed by atoms with E-state index >= 15 is 0 Å². The van der Waals surface area contributed by atoms with Gasteiger partial charge in [0, 0.05) is 5.69 Å². The highest BCUT2D eigenvalue weighted by atomic mass is 19.4. The SMILES string of the molecule is C[C@@H](Nc1ccc(-c2ccccc2)cc1)C(=O)Nc1ccccc1C(F)(F)F. The van der Waals surface area contributed by atoms with Crippen LogP contribution in [0.1, 0.15) is 12.5 Å². The Morgan fingerprint density at radius 1 is 0.821 bits per heavy atom. The molecule has 144 valence electrons. The molecule has 0 fully saturated rings. The summed E-state index contributed by atoms with van der Waals surface area (Å²) < 4.78 is 39.2. The lowest BCUT2D eigenvalue weighted by Gasteiger charge is -2.18. The van der Waals surface area contributed by atoms with Gasteiger partial charge in [-0.3, -0.25) is 4.79 Å². The summed E-state index contributed by atoms with van der Waals surface area (Å²) in [4.78, 5) is 12.3. The molecule has 3 rings (SSSR count). The first-order valence-corrected chi connectivity index (χ1v) is 8.74. The lowest BCUT2D eigenvalue weighted by molar-refractivity contribution is -0.137. The van der Waals surface area contributed by atoms with Crippen molar-refractivity contribution < 1.29 is 18.0 Å². The lowest BCUT2D eigenvalue weighted by atomic mass is 10.1. The lowest BCUT2D eigenvalue weighted by Crippen LogP contribution is -2.32. The van der Waals surface area contributed by atoms with E-state index in [1.807, 2.05) is 54.6 Å². The van der Waals surface area contributed by atoms with Crippen LogP contribution in [-0.2, 0) is 11.0 Å². The minimum absolute atomic E-state index is 0.256. The Morgan fingerprint density at radius 3 is 2.04 bits per heavy atom. The Labute approximate surface area is 161 Å². The summed E-state index contributed by atoms with van der Waals surface area (Å²) in [5.74, 6) is -0.552. The van der Waals surface area contributed by atoms with Gasteiger partial charge in [0.25, 0.3) is 0 Å². The van der Waals surface area contributed by atoms with Crippen molar-refractivity contribution in [2.75, 3.05) is 10.6 Å². The Bertz CT molecular complexity index is 938. The Kier molecular flexibility index (Phi) is 5.68. The standard InChI is InChI=1S/C22H19F3N2O/c1-15(21(28)27-20-10-6-5-9-19(20)22(23,24)25)26-18-13-11-17(12-14-18)16-7-3-2-4-8-16/h2-15,26H,1H3,(H,27,28)/t15-/m1/s1. The molecule has 2 N–H and O–H groups in total. The molecule has 3 nitrogen and oxygen atoms in total. The van der Waals surface area contributed by atoms with Crippen molar-refractivity contribution in [2.24, 2.45) is 0 Å². The third kappa shape index (κ3) is 4.71. The van der Waals surface area contributed by atoms with Gasteiger partial charge in [0.1, 0.15) is 6.04 Å². The summed E-state index contributed by atoms with van der Waals surface area (Å²) in [5.41, 5.74) is 1.67. The number of carbonyl (C=O) groups excluding carboxylic acids is 1. The summed E-state index contributed by atoms with van der Waals surface area (Å²) in [6.07, 6.45) is -4.53. The number of benzene rings is 3. The van der Waals surface area contributed by atoms with Gasteiger partial charge in [-0.2, -0.15) is 13.2 Å². The highest BCUT2D eigenvalue weighted by molar-refractivity contribution is 5.97. The van der Waals surface area contributed by atoms with Crippen molar-refractivity contribution in [3.63, 3.8) is 0 Å². The van der Waals surface area contributed by atoms with Crippen molar-refractivity contribution in [3.8, 4) is 11.1 Å². The van der Waals surface area contributed by atoms with Crippen LogP contribution >= 0.6 is 0 Å². The number of hydrogen-bond acceptors (Lipinski definition) is 2. The average molecular weight is 384 g/mol. The summed E-state index contributed by atoms with van der Waals surface area (Å²) in [6.45, 7) is 1.59. The van der Waals surface area contributed by atoms with Gasteiger partial charge >= 0.3 is 6.18 Å². The van der Waals surface area contributed by atoms with Crippen LogP contribution in [0.4, 0.5) is 24.5 Å². The molecule has 1 amide bonds. The maximum Gasteiger partial charge on any atom is 0.418 e. The van der Waals surface area contributed by atoms with Gasteiger partial charge in [0.2, 0.25) is 5.91 Å². The molecule has 3 aromatic rings. The Hall–Kier alpha value is -3.28. The maximum atomic E-state index is 13.1.